The van der Waals surface area contributed by atoms with Gasteiger partial charge in [-0.25, -0.2) is 0 Å². The molecule has 0 fully saturated rings. The zero-order valence-corrected chi connectivity index (χ0v) is 16.7. The van der Waals surface area contributed by atoms with Crippen LogP contribution in [0.4, 0.5) is 8.78 Å². The van der Waals surface area contributed by atoms with Crippen molar-refractivity contribution in [2.75, 3.05) is 0 Å². The van der Waals surface area contributed by atoms with Crippen molar-refractivity contribution in [2.24, 2.45) is 0 Å². The molecule has 3 aromatic carbocycles. The van der Waals surface area contributed by atoms with Gasteiger partial charge in [0.05, 0.1) is 0 Å². The van der Waals surface area contributed by atoms with E-state index in [1.54, 1.807) is 0 Å². The molecule has 3 aromatic rings. The first-order chi connectivity index (χ1) is 11.4. The van der Waals surface area contributed by atoms with Gasteiger partial charge in [0.2, 0.25) is 0 Å². The van der Waals surface area contributed by atoms with Crippen LogP contribution >= 0.6 is 39.8 Å². The smallest absolute Gasteiger partial charge is 0.181 e. The van der Waals surface area contributed by atoms with Crippen molar-refractivity contribution in [1.82, 2.24) is 0 Å². The highest BCUT2D eigenvalue weighted by atomic mass is 79.9. The maximum atomic E-state index is 10.9. The summed E-state index contributed by atoms with van der Waals surface area (Å²) in [7, 11) is -0.446. The zero-order chi connectivity index (χ0) is 17.4. The predicted octanol–water partition coefficient (Wildman–Crippen LogP) is 5.77. The van der Waals surface area contributed by atoms with Crippen LogP contribution in [0.25, 0.3) is 0 Å². The molecule has 0 aromatic heterocycles. The fourth-order valence-electron chi connectivity index (χ4n) is 2.18. The molecule has 0 bridgehead atoms. The lowest BCUT2D eigenvalue weighted by atomic mass is 10.4. The minimum Gasteiger partial charge on any atom is -0.181 e. The van der Waals surface area contributed by atoms with Gasteiger partial charge in [0.1, 0.15) is 0 Å². The second-order valence-corrected chi connectivity index (χ2v) is 10.0. The molecule has 0 heterocycles. The number of alkyl halides is 4. The second-order valence-electron chi connectivity index (χ2n) is 4.77. The Bertz CT molecular complexity index is 617. The standard InChI is InChI=1S/C18H15P.CBr2F2/c1-4-10-16(11-5-1)19(17-12-6-2-7-13-17)18-14-8-3-9-15-18;2-1(3,4)5/h1-15H;. The Kier molecular flexibility index (Phi) is 7.54. The molecule has 3 rings (SSSR count). The summed E-state index contributed by atoms with van der Waals surface area (Å²) in [6.45, 7) is 0. The molecule has 0 spiro atoms. The van der Waals surface area contributed by atoms with Crippen LogP contribution in [-0.2, 0) is 0 Å². The molecule has 0 aliphatic carbocycles. The van der Waals surface area contributed by atoms with Crippen LogP contribution in [0, 0.1) is 0 Å². The summed E-state index contributed by atoms with van der Waals surface area (Å²) in [5, 5.41) is 4.19. The SMILES string of the molecule is FC(F)(Br)Br.c1ccc(P(c2ccccc2)c2ccccc2)cc1. The first kappa shape index (κ1) is 19.2. The first-order valence-corrected chi connectivity index (χ1v) is 10.1. The summed E-state index contributed by atoms with van der Waals surface area (Å²) in [6.07, 6.45) is 0. The summed E-state index contributed by atoms with van der Waals surface area (Å²) in [5.41, 5.74) is 0. The highest BCUT2D eigenvalue weighted by Gasteiger charge is 2.15. The number of benzene rings is 3. The van der Waals surface area contributed by atoms with E-state index in [4.69, 9.17) is 0 Å². The lowest BCUT2D eigenvalue weighted by molar-refractivity contribution is 0.229. The first-order valence-electron chi connectivity index (χ1n) is 7.16. The molecule has 24 heavy (non-hydrogen) atoms. The van der Waals surface area contributed by atoms with Crippen LogP contribution in [0.5, 0.6) is 0 Å². The minimum absolute atomic E-state index is 0.446. The van der Waals surface area contributed by atoms with Crippen molar-refractivity contribution in [3.8, 4) is 0 Å². The summed E-state index contributed by atoms with van der Waals surface area (Å²) >= 11 is 3.92. The molecule has 0 amide bonds. The Hall–Kier alpha value is -1.09. The normalized spacial score (nSPS) is 10.9. The Balaban J connectivity index is 0.000000368. The Morgan fingerprint density at radius 3 is 0.958 bits per heavy atom. The molecule has 0 saturated carbocycles. The zero-order valence-electron chi connectivity index (χ0n) is 12.6. The van der Waals surface area contributed by atoms with Crippen LogP contribution < -0.4 is 15.9 Å². The van der Waals surface area contributed by atoms with Crippen molar-refractivity contribution in [3.63, 3.8) is 0 Å². The maximum Gasteiger partial charge on any atom is 0.356 e. The average Bonchev–Trinajstić information content (AvgIpc) is 2.57. The van der Waals surface area contributed by atoms with Gasteiger partial charge < -0.3 is 0 Å². The summed E-state index contributed by atoms with van der Waals surface area (Å²) in [4.78, 5) is 0. The Morgan fingerprint density at radius 2 is 0.750 bits per heavy atom. The molecule has 0 atom stereocenters. The quantitative estimate of drug-likeness (QED) is 0.336. The van der Waals surface area contributed by atoms with Crippen molar-refractivity contribution in [3.05, 3.63) is 91.0 Å². The van der Waals surface area contributed by atoms with Gasteiger partial charge in [-0.05, 0) is 23.8 Å². The van der Waals surface area contributed by atoms with Crippen molar-refractivity contribution in [2.45, 2.75) is 3.74 Å². The van der Waals surface area contributed by atoms with E-state index in [-0.39, 0.29) is 0 Å². The fraction of sp³-hybridized carbons (Fsp3) is 0.0526. The molecular weight excluding hydrogens is 457 g/mol. The average molecular weight is 472 g/mol. The number of hydrogen-bond acceptors (Lipinski definition) is 0. The molecule has 124 valence electrons. The Morgan fingerprint density at radius 1 is 0.542 bits per heavy atom. The van der Waals surface area contributed by atoms with Crippen LogP contribution in [0.2, 0.25) is 0 Å². The molecule has 0 N–H and O–H groups in total. The molecule has 0 saturated heterocycles. The largest absolute Gasteiger partial charge is 0.356 e. The monoisotopic (exact) mass is 470 g/mol. The van der Waals surface area contributed by atoms with E-state index >= 15 is 0 Å². The number of rotatable bonds is 3. The fourth-order valence-corrected chi connectivity index (χ4v) is 4.48. The van der Waals surface area contributed by atoms with Crippen LogP contribution in [0.1, 0.15) is 0 Å². The van der Waals surface area contributed by atoms with E-state index in [1.807, 2.05) is 31.9 Å². The lowest BCUT2D eigenvalue weighted by Gasteiger charge is -2.18. The van der Waals surface area contributed by atoms with E-state index in [0.717, 1.165) is 0 Å². The van der Waals surface area contributed by atoms with Crippen LogP contribution in [-0.4, -0.2) is 3.74 Å². The van der Waals surface area contributed by atoms with Gasteiger partial charge in [-0.1, -0.05) is 91.0 Å². The van der Waals surface area contributed by atoms with Crippen LogP contribution in [0.3, 0.4) is 0 Å². The van der Waals surface area contributed by atoms with Gasteiger partial charge in [0.15, 0.2) is 0 Å². The van der Waals surface area contributed by atoms with Crippen molar-refractivity contribution in [1.29, 1.82) is 0 Å². The molecule has 0 unspecified atom stereocenters. The molecule has 0 aliphatic rings. The highest BCUT2D eigenvalue weighted by molar-refractivity contribution is 9.25. The van der Waals surface area contributed by atoms with Crippen molar-refractivity contribution >= 4 is 55.7 Å². The van der Waals surface area contributed by atoms with Gasteiger partial charge in [0.25, 0.3) is 0 Å². The molecule has 5 heteroatoms. The van der Waals surface area contributed by atoms with Gasteiger partial charge in [-0.15, -0.1) is 0 Å². The van der Waals surface area contributed by atoms with Gasteiger partial charge in [-0.3, -0.25) is 0 Å². The van der Waals surface area contributed by atoms with Gasteiger partial charge in [0, 0.05) is 31.9 Å². The topological polar surface area (TPSA) is 0 Å². The second kappa shape index (κ2) is 9.41. The third kappa shape index (κ3) is 6.80. The maximum absolute atomic E-state index is 10.9. The van der Waals surface area contributed by atoms with E-state index in [9.17, 15) is 8.78 Å². The summed E-state index contributed by atoms with van der Waals surface area (Å²) in [6, 6.07) is 32.3. The summed E-state index contributed by atoms with van der Waals surface area (Å²) < 4.78 is 18.8. The molecule has 0 radical (unpaired) electrons. The molecule has 0 nitrogen and oxygen atoms in total. The number of hydrogen-bond donors (Lipinski definition) is 0. The Labute approximate surface area is 158 Å². The molecule has 0 aliphatic heterocycles. The number of halogens is 4. The third-order valence-corrected chi connectivity index (χ3v) is 5.49. The minimum atomic E-state index is -2.88. The van der Waals surface area contributed by atoms with Crippen molar-refractivity contribution < 1.29 is 8.78 Å². The van der Waals surface area contributed by atoms with E-state index < -0.39 is 11.7 Å². The van der Waals surface area contributed by atoms with E-state index in [2.05, 4.69) is 91.0 Å². The van der Waals surface area contributed by atoms with Gasteiger partial charge in [-0.2, -0.15) is 8.78 Å². The lowest BCUT2D eigenvalue weighted by Crippen LogP contribution is -2.20. The van der Waals surface area contributed by atoms with Crippen LogP contribution in [0.15, 0.2) is 91.0 Å². The third-order valence-electron chi connectivity index (χ3n) is 3.04. The summed E-state index contributed by atoms with van der Waals surface area (Å²) in [5.74, 6) is 0. The van der Waals surface area contributed by atoms with E-state index in [0.29, 0.717) is 0 Å². The molecular formula is C19H15Br2F2P. The predicted molar refractivity (Wildman–Crippen MR) is 108 cm³/mol. The van der Waals surface area contributed by atoms with Gasteiger partial charge >= 0.3 is 3.74 Å². The van der Waals surface area contributed by atoms with E-state index in [1.165, 1.54) is 15.9 Å². The highest BCUT2D eigenvalue weighted by Crippen LogP contribution is 2.32.